The van der Waals surface area contributed by atoms with E-state index in [-0.39, 0.29) is 0 Å². The van der Waals surface area contributed by atoms with Crippen molar-refractivity contribution >= 4 is 0 Å². The summed E-state index contributed by atoms with van der Waals surface area (Å²) in [7, 11) is 0. The lowest BCUT2D eigenvalue weighted by molar-refractivity contribution is 0.869. The molecular weight excluding hydrogens is 264 g/mol. The van der Waals surface area contributed by atoms with Gasteiger partial charge in [0.15, 0.2) is 0 Å². The molecule has 0 N–H and O–H groups in total. The lowest BCUT2D eigenvalue weighted by Crippen LogP contribution is -1.95. The van der Waals surface area contributed by atoms with Crippen LogP contribution in [0.5, 0.6) is 0 Å². The van der Waals surface area contributed by atoms with Crippen molar-refractivity contribution in [2.24, 2.45) is 0 Å². The van der Waals surface area contributed by atoms with Crippen LogP contribution in [0.15, 0.2) is 72.8 Å². The molecule has 0 radical (unpaired) electrons. The van der Waals surface area contributed by atoms with Gasteiger partial charge in [0.25, 0.3) is 0 Å². The quantitative estimate of drug-likeness (QED) is 0.519. The van der Waals surface area contributed by atoms with Gasteiger partial charge < -0.3 is 0 Å². The molecule has 110 valence electrons. The van der Waals surface area contributed by atoms with Crippen LogP contribution in [0, 0.1) is 6.92 Å². The van der Waals surface area contributed by atoms with Crippen LogP contribution in [0.2, 0.25) is 0 Å². The highest BCUT2D eigenvalue weighted by Gasteiger charge is 2.14. The van der Waals surface area contributed by atoms with Crippen molar-refractivity contribution in [3.05, 3.63) is 83.9 Å². The van der Waals surface area contributed by atoms with Crippen LogP contribution < -0.4 is 0 Å². The van der Waals surface area contributed by atoms with Gasteiger partial charge in [-0.2, -0.15) is 0 Å². The summed E-state index contributed by atoms with van der Waals surface area (Å²) < 4.78 is 0. The Morgan fingerprint density at radius 3 is 2.00 bits per heavy atom. The highest BCUT2D eigenvalue weighted by atomic mass is 14.2. The number of hydrogen-bond donors (Lipinski definition) is 0. The molecule has 0 saturated heterocycles. The average Bonchev–Trinajstić information content (AvgIpc) is 2.55. The van der Waals surface area contributed by atoms with Gasteiger partial charge in [-0.1, -0.05) is 86.6 Å². The summed E-state index contributed by atoms with van der Waals surface area (Å²) in [5, 5.41) is 0. The van der Waals surface area contributed by atoms with Gasteiger partial charge in [0.05, 0.1) is 0 Å². The fourth-order valence-electron chi connectivity index (χ4n) is 3.13. The molecule has 0 aliphatic carbocycles. The molecule has 3 rings (SSSR count). The van der Waals surface area contributed by atoms with Gasteiger partial charge in [-0.3, -0.25) is 0 Å². The van der Waals surface area contributed by atoms with E-state index in [1.807, 2.05) is 0 Å². The number of aryl methyl sites for hydroxylation is 1. The van der Waals surface area contributed by atoms with Gasteiger partial charge in [-0.15, -0.1) is 0 Å². The van der Waals surface area contributed by atoms with E-state index in [0.717, 1.165) is 0 Å². The molecule has 0 heterocycles. The molecule has 0 atom stereocenters. The first-order valence-electron chi connectivity index (χ1n) is 7.93. The van der Waals surface area contributed by atoms with E-state index in [0.29, 0.717) is 5.92 Å². The molecule has 22 heavy (non-hydrogen) atoms. The second-order valence-electron chi connectivity index (χ2n) is 6.11. The predicted octanol–water partition coefficient (Wildman–Crippen LogP) is 6.45. The molecule has 0 fully saturated rings. The van der Waals surface area contributed by atoms with Gasteiger partial charge in [0, 0.05) is 0 Å². The van der Waals surface area contributed by atoms with Crippen molar-refractivity contribution in [3.8, 4) is 22.3 Å². The molecule has 0 aliphatic rings. The lowest BCUT2D eigenvalue weighted by atomic mass is 9.86. The smallest absolute Gasteiger partial charge is 0.00760 e. The topological polar surface area (TPSA) is 0 Å². The van der Waals surface area contributed by atoms with Crippen molar-refractivity contribution in [1.82, 2.24) is 0 Å². The SMILES string of the molecule is Cc1cccc(-c2ccccc2C(C)C)c1-c1ccccc1. The van der Waals surface area contributed by atoms with Crippen LogP contribution in [-0.2, 0) is 0 Å². The Kier molecular flexibility index (Phi) is 4.11. The van der Waals surface area contributed by atoms with Crippen molar-refractivity contribution in [1.29, 1.82) is 0 Å². The molecule has 3 aromatic rings. The summed E-state index contributed by atoms with van der Waals surface area (Å²) >= 11 is 0. The summed E-state index contributed by atoms with van der Waals surface area (Å²) in [6, 6.07) is 26.1. The Labute approximate surface area is 133 Å². The molecule has 0 bridgehead atoms. The molecule has 0 heteroatoms. The standard InChI is InChI=1S/C22H22/c1-16(2)19-13-7-8-14-20(19)21-15-9-10-17(3)22(21)18-11-5-4-6-12-18/h4-16H,1-3H3. The third-order valence-corrected chi connectivity index (χ3v) is 4.21. The highest BCUT2D eigenvalue weighted by molar-refractivity contribution is 5.87. The molecule has 3 aromatic carbocycles. The summed E-state index contributed by atoms with van der Waals surface area (Å²) in [4.78, 5) is 0. The van der Waals surface area contributed by atoms with Crippen LogP contribution in [0.25, 0.3) is 22.3 Å². The molecule has 0 saturated carbocycles. The molecule has 0 unspecified atom stereocenters. The summed E-state index contributed by atoms with van der Waals surface area (Å²) in [6.07, 6.45) is 0. The minimum Gasteiger partial charge on any atom is -0.0622 e. The van der Waals surface area contributed by atoms with Gasteiger partial charge in [0.1, 0.15) is 0 Å². The molecule has 0 aromatic heterocycles. The van der Waals surface area contributed by atoms with Gasteiger partial charge >= 0.3 is 0 Å². The summed E-state index contributed by atoms with van der Waals surface area (Å²) in [6.45, 7) is 6.72. The highest BCUT2D eigenvalue weighted by Crippen LogP contribution is 2.38. The minimum atomic E-state index is 0.514. The third kappa shape index (κ3) is 2.69. The van der Waals surface area contributed by atoms with Gasteiger partial charge in [0.2, 0.25) is 0 Å². The molecule has 0 amide bonds. The first kappa shape index (κ1) is 14.6. The maximum absolute atomic E-state index is 2.26. The van der Waals surface area contributed by atoms with Gasteiger partial charge in [-0.05, 0) is 46.2 Å². The average molecular weight is 286 g/mol. The number of rotatable bonds is 3. The van der Waals surface area contributed by atoms with E-state index < -0.39 is 0 Å². The predicted molar refractivity (Wildman–Crippen MR) is 96.1 cm³/mol. The Bertz CT molecular complexity index is 767. The van der Waals surface area contributed by atoms with Crippen LogP contribution in [0.4, 0.5) is 0 Å². The fourth-order valence-corrected chi connectivity index (χ4v) is 3.13. The maximum atomic E-state index is 2.26. The molecule has 0 spiro atoms. The number of benzene rings is 3. The van der Waals surface area contributed by atoms with E-state index in [1.54, 1.807) is 0 Å². The zero-order valence-corrected chi connectivity index (χ0v) is 13.5. The molecule has 0 aliphatic heterocycles. The first-order chi connectivity index (χ1) is 10.7. The van der Waals surface area contributed by atoms with Crippen LogP contribution in [0.3, 0.4) is 0 Å². The van der Waals surface area contributed by atoms with E-state index in [1.165, 1.54) is 33.4 Å². The summed E-state index contributed by atoms with van der Waals surface area (Å²) in [5.41, 5.74) is 8.04. The number of hydrogen-bond acceptors (Lipinski definition) is 0. The van der Waals surface area contributed by atoms with Crippen LogP contribution >= 0.6 is 0 Å². The Morgan fingerprint density at radius 2 is 1.27 bits per heavy atom. The van der Waals surface area contributed by atoms with Crippen molar-refractivity contribution in [2.75, 3.05) is 0 Å². The van der Waals surface area contributed by atoms with E-state index in [4.69, 9.17) is 0 Å². The van der Waals surface area contributed by atoms with Gasteiger partial charge in [-0.25, -0.2) is 0 Å². The molecular formula is C22H22. The van der Waals surface area contributed by atoms with Crippen molar-refractivity contribution in [3.63, 3.8) is 0 Å². The molecule has 0 nitrogen and oxygen atoms in total. The van der Waals surface area contributed by atoms with E-state index in [2.05, 4.69) is 93.6 Å². The largest absolute Gasteiger partial charge is 0.0622 e. The second-order valence-corrected chi connectivity index (χ2v) is 6.11. The normalized spacial score (nSPS) is 10.9. The lowest BCUT2D eigenvalue weighted by Gasteiger charge is -2.18. The first-order valence-corrected chi connectivity index (χ1v) is 7.93. The minimum absolute atomic E-state index is 0.514. The van der Waals surface area contributed by atoms with E-state index >= 15 is 0 Å². The van der Waals surface area contributed by atoms with Crippen LogP contribution in [0.1, 0.15) is 30.9 Å². The Balaban J connectivity index is 2.28. The van der Waals surface area contributed by atoms with E-state index in [9.17, 15) is 0 Å². The fraction of sp³-hybridized carbons (Fsp3) is 0.182. The third-order valence-electron chi connectivity index (χ3n) is 4.21. The second kappa shape index (κ2) is 6.19. The van der Waals surface area contributed by atoms with Crippen molar-refractivity contribution < 1.29 is 0 Å². The zero-order chi connectivity index (χ0) is 15.5. The van der Waals surface area contributed by atoms with Crippen LogP contribution in [-0.4, -0.2) is 0 Å². The zero-order valence-electron chi connectivity index (χ0n) is 13.5. The Hall–Kier alpha value is -2.34. The monoisotopic (exact) mass is 286 g/mol. The Morgan fingerprint density at radius 1 is 0.636 bits per heavy atom. The maximum Gasteiger partial charge on any atom is -0.00760 e. The summed E-state index contributed by atoms with van der Waals surface area (Å²) in [5.74, 6) is 0.514. The van der Waals surface area contributed by atoms with Crippen molar-refractivity contribution in [2.45, 2.75) is 26.7 Å².